The average Bonchev–Trinajstić information content (AvgIpc) is 3.40. The normalized spacial score (nSPS) is 14.8. The van der Waals surface area contributed by atoms with Gasteiger partial charge in [0.1, 0.15) is 6.61 Å². The predicted molar refractivity (Wildman–Crippen MR) is 143 cm³/mol. The van der Waals surface area contributed by atoms with E-state index in [1.54, 1.807) is 6.07 Å². The van der Waals surface area contributed by atoms with Crippen LogP contribution >= 0.6 is 0 Å². The van der Waals surface area contributed by atoms with E-state index < -0.39 is 22.0 Å². The van der Waals surface area contributed by atoms with E-state index in [0.29, 0.717) is 12.3 Å². The highest BCUT2D eigenvalue weighted by atomic mass is 32.2. The van der Waals surface area contributed by atoms with E-state index in [9.17, 15) is 18.3 Å². The maximum atomic E-state index is 13.1. The number of carboxylic acids is 1. The number of aromatic carboxylic acids is 1. The van der Waals surface area contributed by atoms with Crippen molar-refractivity contribution in [1.82, 2.24) is 9.97 Å². The fourth-order valence-electron chi connectivity index (χ4n) is 4.42. The Bertz CT molecular complexity index is 1390. The van der Waals surface area contributed by atoms with Crippen molar-refractivity contribution in [3.8, 4) is 17.1 Å². The molecule has 3 aromatic rings. The van der Waals surface area contributed by atoms with E-state index in [0.717, 1.165) is 48.4 Å². The molecule has 1 saturated carbocycles. The van der Waals surface area contributed by atoms with Crippen molar-refractivity contribution in [2.75, 3.05) is 17.9 Å². The predicted octanol–water partition coefficient (Wildman–Crippen LogP) is 3.92. The molecule has 1 fully saturated rings. The van der Waals surface area contributed by atoms with Gasteiger partial charge in [0.2, 0.25) is 11.8 Å². The number of anilines is 1. The topological polar surface area (TPSA) is 154 Å². The second-order valence-electron chi connectivity index (χ2n) is 9.43. The molecule has 1 heterocycles. The van der Waals surface area contributed by atoms with E-state index in [1.165, 1.54) is 18.2 Å². The largest absolute Gasteiger partial charge is 0.478 e. The molecule has 0 amide bonds. The third-order valence-electron chi connectivity index (χ3n) is 6.35. The van der Waals surface area contributed by atoms with Gasteiger partial charge in [-0.1, -0.05) is 37.1 Å². The highest BCUT2D eigenvalue weighted by Gasteiger charge is 2.21. The molecule has 0 saturated heterocycles. The number of benzene rings is 2. The van der Waals surface area contributed by atoms with Gasteiger partial charge in [-0.15, -0.1) is 0 Å². The van der Waals surface area contributed by atoms with E-state index in [1.807, 2.05) is 32.0 Å². The minimum atomic E-state index is -4.19. The Morgan fingerprint density at radius 3 is 2.45 bits per heavy atom. The first-order chi connectivity index (χ1) is 18.1. The zero-order valence-corrected chi connectivity index (χ0v) is 22.2. The molecule has 0 radical (unpaired) electrons. The molecule has 1 unspecified atom stereocenters. The summed E-state index contributed by atoms with van der Waals surface area (Å²) in [6, 6.07) is 12.1. The van der Waals surface area contributed by atoms with Crippen molar-refractivity contribution in [1.29, 1.82) is 0 Å². The third kappa shape index (κ3) is 6.85. The van der Waals surface area contributed by atoms with E-state index in [4.69, 9.17) is 15.2 Å². The van der Waals surface area contributed by atoms with Gasteiger partial charge in [-0.3, -0.25) is 0 Å². The van der Waals surface area contributed by atoms with Crippen LogP contribution in [-0.4, -0.2) is 54.8 Å². The molecule has 1 aliphatic carbocycles. The average molecular weight is 541 g/mol. The number of hydrogen-bond acceptors (Lipinski definition) is 8. The Kier molecular flexibility index (Phi) is 8.60. The summed E-state index contributed by atoms with van der Waals surface area (Å²) >= 11 is 0. The van der Waals surface area contributed by atoms with E-state index >= 15 is 0 Å². The molecule has 4 N–H and O–H groups in total. The first-order valence-electron chi connectivity index (χ1n) is 12.4. The van der Waals surface area contributed by atoms with Gasteiger partial charge in [0.25, 0.3) is 10.0 Å². The molecule has 0 aliphatic heterocycles. The first-order valence-corrected chi connectivity index (χ1v) is 13.9. The summed E-state index contributed by atoms with van der Waals surface area (Å²) in [6.07, 6.45) is 4.64. The lowest BCUT2D eigenvalue weighted by atomic mass is 10.00. The molecule has 2 aromatic carbocycles. The van der Waals surface area contributed by atoms with Crippen LogP contribution in [0.2, 0.25) is 0 Å². The molecule has 1 aromatic heterocycles. The number of hydrogen-bond donors (Lipinski definition) is 3. The molecule has 10 nitrogen and oxygen atoms in total. The maximum absolute atomic E-state index is 13.1. The number of aryl methyl sites for hydroxylation is 2. The van der Waals surface area contributed by atoms with Crippen LogP contribution in [-0.2, 0) is 14.8 Å². The lowest BCUT2D eigenvalue weighted by Gasteiger charge is -2.17. The van der Waals surface area contributed by atoms with Crippen molar-refractivity contribution in [3.05, 3.63) is 65.2 Å². The molecule has 1 aliphatic rings. The number of nitrogens with two attached hydrogens (primary N) is 1. The summed E-state index contributed by atoms with van der Waals surface area (Å²) in [5.41, 5.74) is 9.22. The highest BCUT2D eigenvalue weighted by molar-refractivity contribution is 7.92. The van der Waals surface area contributed by atoms with Crippen LogP contribution in [0.5, 0.6) is 5.88 Å². The number of nitrogens with zero attached hydrogens (tertiary/aromatic N) is 2. The van der Waals surface area contributed by atoms with Gasteiger partial charge in [-0.2, -0.15) is 4.98 Å². The van der Waals surface area contributed by atoms with Crippen LogP contribution in [0.1, 0.15) is 47.2 Å². The van der Waals surface area contributed by atoms with E-state index in [2.05, 4.69) is 14.7 Å². The Morgan fingerprint density at radius 1 is 1.08 bits per heavy atom. The summed E-state index contributed by atoms with van der Waals surface area (Å²) in [4.78, 5) is 19.8. The summed E-state index contributed by atoms with van der Waals surface area (Å²) in [7, 11) is -4.19. The number of aromatic nitrogens is 2. The number of carbonyl (C=O) groups is 1. The number of nitrogens with one attached hydrogen (secondary N) is 1. The third-order valence-corrected chi connectivity index (χ3v) is 7.68. The molecule has 1 atom stereocenters. The van der Waals surface area contributed by atoms with Crippen molar-refractivity contribution in [2.45, 2.75) is 56.6 Å². The maximum Gasteiger partial charge on any atom is 0.335 e. The highest BCUT2D eigenvalue weighted by Crippen LogP contribution is 2.29. The Hall–Kier alpha value is -3.54. The van der Waals surface area contributed by atoms with Gasteiger partial charge >= 0.3 is 5.97 Å². The van der Waals surface area contributed by atoms with Crippen molar-refractivity contribution in [2.24, 2.45) is 5.73 Å². The minimum Gasteiger partial charge on any atom is -0.478 e. The second kappa shape index (κ2) is 11.9. The molecular formula is C27H32N4O6S. The molecule has 202 valence electrons. The van der Waals surface area contributed by atoms with Crippen LogP contribution in [0, 0.1) is 13.8 Å². The Labute approximate surface area is 222 Å². The summed E-state index contributed by atoms with van der Waals surface area (Å²) < 4.78 is 40.3. The van der Waals surface area contributed by atoms with Crippen LogP contribution in [0.4, 0.5) is 5.95 Å². The Morgan fingerprint density at radius 2 is 1.76 bits per heavy atom. The van der Waals surface area contributed by atoms with Crippen LogP contribution in [0.25, 0.3) is 11.3 Å². The molecular weight excluding hydrogens is 508 g/mol. The molecule has 0 bridgehead atoms. The van der Waals surface area contributed by atoms with Gasteiger partial charge in [0.15, 0.2) is 0 Å². The SMILES string of the molecule is Cc1cccc(C)c1-c1cc(OCC(N)COC2CCCC2)nc(NS(=O)(=O)c2cccc(C(=O)O)c2)n1. The smallest absolute Gasteiger partial charge is 0.335 e. The van der Waals surface area contributed by atoms with Crippen LogP contribution in [0.3, 0.4) is 0 Å². The zero-order valence-electron chi connectivity index (χ0n) is 21.4. The van der Waals surface area contributed by atoms with Crippen LogP contribution in [0.15, 0.2) is 53.4 Å². The van der Waals surface area contributed by atoms with Crippen molar-refractivity contribution in [3.63, 3.8) is 0 Å². The fourth-order valence-corrected chi connectivity index (χ4v) is 5.41. The molecule has 0 spiro atoms. The zero-order chi connectivity index (χ0) is 27.3. The monoisotopic (exact) mass is 540 g/mol. The van der Waals surface area contributed by atoms with E-state index in [-0.39, 0.29) is 35.0 Å². The number of sulfonamides is 1. The van der Waals surface area contributed by atoms with Gasteiger partial charge < -0.3 is 20.3 Å². The van der Waals surface area contributed by atoms with Gasteiger partial charge in [0, 0.05) is 11.6 Å². The quantitative estimate of drug-likeness (QED) is 0.328. The fraction of sp³-hybridized carbons (Fsp3) is 0.370. The second-order valence-corrected chi connectivity index (χ2v) is 11.1. The van der Waals surface area contributed by atoms with Gasteiger partial charge in [-0.05, 0) is 56.0 Å². The summed E-state index contributed by atoms with van der Waals surface area (Å²) in [5.74, 6) is -1.30. The van der Waals surface area contributed by atoms with Crippen molar-refractivity contribution >= 4 is 21.9 Å². The van der Waals surface area contributed by atoms with Crippen molar-refractivity contribution < 1.29 is 27.8 Å². The van der Waals surface area contributed by atoms with Gasteiger partial charge in [0.05, 0.1) is 34.9 Å². The first kappa shape index (κ1) is 27.5. The van der Waals surface area contributed by atoms with Gasteiger partial charge in [-0.25, -0.2) is 22.9 Å². The number of ether oxygens (including phenoxy) is 2. The molecule has 38 heavy (non-hydrogen) atoms. The van der Waals surface area contributed by atoms with Crippen LogP contribution < -0.4 is 15.2 Å². The summed E-state index contributed by atoms with van der Waals surface area (Å²) in [6.45, 7) is 4.33. The lowest BCUT2D eigenvalue weighted by molar-refractivity contribution is 0.0407. The standard InChI is InChI=1S/C27H32N4O6S/c1-17-7-5-8-18(2)25(17)23-14-24(37-16-20(28)15-36-21-10-3-4-11-21)30-27(29-23)31-38(34,35)22-12-6-9-19(13-22)26(32)33/h5-9,12-14,20-21H,3-4,10-11,15-16,28H2,1-2H3,(H,32,33)(H,29,30,31). The Balaban J connectivity index is 1.60. The summed E-state index contributed by atoms with van der Waals surface area (Å²) in [5, 5.41) is 9.24. The lowest BCUT2D eigenvalue weighted by Crippen LogP contribution is -2.34. The number of rotatable bonds is 11. The number of carboxylic acid groups (broad SMARTS) is 1. The molecule has 11 heteroatoms. The minimum absolute atomic E-state index is 0.114. The molecule has 4 rings (SSSR count).